The molecule has 0 rings (SSSR count). The summed E-state index contributed by atoms with van der Waals surface area (Å²) in [4.78, 5) is 0. The molecule has 0 aliphatic heterocycles. The normalized spacial score (nSPS) is 12.2. The molecule has 0 bridgehead atoms. The second kappa shape index (κ2) is 5.10. The quantitative estimate of drug-likeness (QED) is 0.427. The topological polar surface area (TPSA) is 60.7 Å². The lowest BCUT2D eigenvalue weighted by molar-refractivity contribution is -0.373. The van der Waals surface area contributed by atoms with Crippen LogP contribution in [0.2, 0.25) is 0 Å². The molecule has 0 aromatic rings. The summed E-state index contributed by atoms with van der Waals surface area (Å²) in [6, 6.07) is 0. The summed E-state index contributed by atoms with van der Waals surface area (Å²) < 4.78 is 0. The number of hydrogen-bond acceptors (Lipinski definition) is 3. The van der Waals surface area contributed by atoms with Crippen molar-refractivity contribution in [2.24, 2.45) is 5.41 Å². The van der Waals surface area contributed by atoms with Gasteiger partial charge in [-0.3, -0.25) is 0 Å². The van der Waals surface area contributed by atoms with Gasteiger partial charge < -0.3 is 15.3 Å². The largest absolute Gasteiger partial charge is 0.343 e. The molecular weight excluding hydrogens is 180 g/mol. The first kappa shape index (κ1) is 13.1. The highest BCUT2D eigenvalue weighted by atomic mass is 16.7. The Labute approximate surface area is 84.7 Å². The molecule has 0 aromatic heterocycles. The third-order valence-corrected chi connectivity index (χ3v) is 2.32. The number of aliphatic hydroxyl groups is 3. The predicted molar refractivity (Wildman–Crippen MR) is 56.3 cm³/mol. The fourth-order valence-corrected chi connectivity index (χ4v) is 1.49. The lowest BCUT2D eigenvalue weighted by Crippen LogP contribution is -2.47. The zero-order valence-corrected chi connectivity index (χ0v) is 8.32. The summed E-state index contributed by atoms with van der Waals surface area (Å²) in [7, 11) is 0. The summed E-state index contributed by atoms with van der Waals surface area (Å²) in [6.45, 7) is 10.6. The smallest absolute Gasteiger partial charge is 0.282 e. The lowest BCUT2D eigenvalue weighted by Gasteiger charge is -2.38. The molecule has 3 nitrogen and oxygen atoms in total. The molecular formula is C11H18O3. The molecule has 0 radical (unpaired) electrons. The molecule has 0 aliphatic carbocycles. The third-order valence-electron chi connectivity index (χ3n) is 2.32. The average Bonchev–Trinajstić information content (AvgIpc) is 2.03. The molecule has 80 valence electrons. The lowest BCUT2D eigenvalue weighted by atomic mass is 9.75. The van der Waals surface area contributed by atoms with Crippen LogP contribution in [0.1, 0.15) is 19.3 Å². The van der Waals surface area contributed by atoms with Crippen LogP contribution in [0.4, 0.5) is 0 Å². The average molecular weight is 198 g/mol. The van der Waals surface area contributed by atoms with Crippen molar-refractivity contribution in [1.29, 1.82) is 0 Å². The Morgan fingerprint density at radius 2 is 1.07 bits per heavy atom. The number of rotatable bonds is 7. The molecule has 0 saturated carbocycles. The van der Waals surface area contributed by atoms with Gasteiger partial charge >= 0.3 is 0 Å². The standard InChI is InChI=1S/C11H18O3/c1-4-7-10(8-5-2,9-6-3)11(12,13)14/h4-6,12-14H,1-3,7-9H2. The number of hydrogen-bond donors (Lipinski definition) is 3. The zero-order valence-electron chi connectivity index (χ0n) is 8.32. The maximum absolute atomic E-state index is 9.29. The monoisotopic (exact) mass is 198 g/mol. The minimum atomic E-state index is -2.75. The van der Waals surface area contributed by atoms with Gasteiger partial charge in [0.1, 0.15) is 0 Å². The minimum Gasteiger partial charge on any atom is -0.343 e. The van der Waals surface area contributed by atoms with Crippen molar-refractivity contribution in [2.75, 3.05) is 0 Å². The van der Waals surface area contributed by atoms with Crippen LogP contribution in [0, 0.1) is 5.41 Å². The molecule has 0 saturated heterocycles. The van der Waals surface area contributed by atoms with Crippen LogP contribution in [0.3, 0.4) is 0 Å². The van der Waals surface area contributed by atoms with E-state index in [0.29, 0.717) is 0 Å². The van der Waals surface area contributed by atoms with Crippen molar-refractivity contribution < 1.29 is 15.3 Å². The highest BCUT2D eigenvalue weighted by Gasteiger charge is 2.45. The van der Waals surface area contributed by atoms with Gasteiger partial charge in [-0.05, 0) is 19.3 Å². The van der Waals surface area contributed by atoms with Gasteiger partial charge in [0.15, 0.2) is 0 Å². The van der Waals surface area contributed by atoms with Gasteiger partial charge in [-0.2, -0.15) is 0 Å². The van der Waals surface area contributed by atoms with Crippen molar-refractivity contribution in [3.05, 3.63) is 38.0 Å². The van der Waals surface area contributed by atoms with E-state index in [2.05, 4.69) is 19.7 Å². The Kier molecular flexibility index (Phi) is 4.77. The van der Waals surface area contributed by atoms with E-state index < -0.39 is 11.4 Å². The molecule has 0 aliphatic rings. The second-order valence-electron chi connectivity index (χ2n) is 3.39. The van der Waals surface area contributed by atoms with Crippen molar-refractivity contribution in [2.45, 2.75) is 25.2 Å². The minimum absolute atomic E-state index is 0.272. The molecule has 14 heavy (non-hydrogen) atoms. The molecule has 3 N–H and O–H groups in total. The van der Waals surface area contributed by atoms with Gasteiger partial charge in [-0.15, -0.1) is 19.7 Å². The van der Waals surface area contributed by atoms with Crippen LogP contribution in [-0.2, 0) is 0 Å². The SMILES string of the molecule is C=CCC(CC=C)(CC=C)C(O)(O)O. The van der Waals surface area contributed by atoms with Crippen LogP contribution in [-0.4, -0.2) is 21.3 Å². The first-order valence-corrected chi connectivity index (χ1v) is 4.43. The molecule has 0 aromatic carbocycles. The number of allylic oxidation sites excluding steroid dienone is 3. The van der Waals surface area contributed by atoms with Crippen LogP contribution in [0.25, 0.3) is 0 Å². The zero-order chi connectivity index (χ0) is 11.2. The Hall–Kier alpha value is -0.900. The molecule has 0 fully saturated rings. The molecule has 0 heterocycles. The van der Waals surface area contributed by atoms with Crippen LogP contribution >= 0.6 is 0 Å². The van der Waals surface area contributed by atoms with E-state index in [9.17, 15) is 15.3 Å². The van der Waals surface area contributed by atoms with Gasteiger partial charge in [0, 0.05) is 0 Å². The van der Waals surface area contributed by atoms with Crippen molar-refractivity contribution >= 4 is 0 Å². The van der Waals surface area contributed by atoms with E-state index in [4.69, 9.17) is 0 Å². The highest BCUT2D eigenvalue weighted by Crippen LogP contribution is 2.40. The van der Waals surface area contributed by atoms with E-state index >= 15 is 0 Å². The fourth-order valence-electron chi connectivity index (χ4n) is 1.49. The van der Waals surface area contributed by atoms with E-state index in [1.54, 1.807) is 0 Å². The Balaban J connectivity index is 5.00. The third kappa shape index (κ3) is 2.80. The van der Waals surface area contributed by atoms with Crippen LogP contribution < -0.4 is 0 Å². The van der Waals surface area contributed by atoms with Crippen molar-refractivity contribution in [1.82, 2.24) is 0 Å². The van der Waals surface area contributed by atoms with Gasteiger partial charge in [0.25, 0.3) is 5.97 Å². The van der Waals surface area contributed by atoms with Crippen LogP contribution in [0.5, 0.6) is 0 Å². The van der Waals surface area contributed by atoms with Gasteiger partial charge in [0.2, 0.25) is 0 Å². The van der Waals surface area contributed by atoms with Crippen molar-refractivity contribution in [3.8, 4) is 0 Å². The van der Waals surface area contributed by atoms with Gasteiger partial charge in [-0.1, -0.05) is 18.2 Å². The maximum Gasteiger partial charge on any atom is 0.282 e. The summed E-state index contributed by atoms with van der Waals surface area (Å²) in [5, 5.41) is 27.9. The molecule has 0 amide bonds. The fraction of sp³-hybridized carbons (Fsp3) is 0.455. The molecule has 0 unspecified atom stereocenters. The predicted octanol–water partition coefficient (Wildman–Crippen LogP) is 1.33. The Morgan fingerprint density at radius 1 is 0.786 bits per heavy atom. The van der Waals surface area contributed by atoms with Crippen molar-refractivity contribution in [3.63, 3.8) is 0 Å². The summed E-state index contributed by atoms with van der Waals surface area (Å²) in [5.41, 5.74) is -1.10. The van der Waals surface area contributed by atoms with E-state index in [-0.39, 0.29) is 19.3 Å². The van der Waals surface area contributed by atoms with E-state index in [1.165, 1.54) is 18.2 Å². The first-order valence-electron chi connectivity index (χ1n) is 4.43. The Bertz CT molecular complexity index is 187. The van der Waals surface area contributed by atoms with Gasteiger partial charge in [-0.25, -0.2) is 0 Å². The summed E-state index contributed by atoms with van der Waals surface area (Å²) >= 11 is 0. The molecule has 3 heteroatoms. The first-order chi connectivity index (χ1) is 6.43. The van der Waals surface area contributed by atoms with E-state index in [0.717, 1.165) is 0 Å². The second-order valence-corrected chi connectivity index (χ2v) is 3.39. The maximum atomic E-state index is 9.29. The van der Waals surface area contributed by atoms with Gasteiger partial charge in [0.05, 0.1) is 5.41 Å². The van der Waals surface area contributed by atoms with E-state index in [1.807, 2.05) is 0 Å². The molecule has 0 atom stereocenters. The molecule has 0 spiro atoms. The summed E-state index contributed by atoms with van der Waals surface area (Å²) in [5.74, 6) is -2.75. The van der Waals surface area contributed by atoms with Crippen LogP contribution in [0.15, 0.2) is 38.0 Å². The Morgan fingerprint density at radius 3 is 1.21 bits per heavy atom. The summed E-state index contributed by atoms with van der Waals surface area (Å²) in [6.07, 6.45) is 5.41. The highest BCUT2D eigenvalue weighted by molar-refractivity contribution is 4.99.